The van der Waals surface area contributed by atoms with Crippen molar-refractivity contribution in [3.8, 4) is 0 Å². The molecule has 1 aliphatic rings. The SMILES string of the molecule is CCNCC1CCCCN1c1ncnc2sc(CC)cc12. The van der Waals surface area contributed by atoms with E-state index in [2.05, 4.69) is 40.1 Å². The van der Waals surface area contributed by atoms with Gasteiger partial charge in [-0.2, -0.15) is 0 Å². The van der Waals surface area contributed by atoms with Crippen LogP contribution in [-0.2, 0) is 6.42 Å². The summed E-state index contributed by atoms with van der Waals surface area (Å²) in [6.07, 6.45) is 6.64. The van der Waals surface area contributed by atoms with E-state index < -0.39 is 0 Å². The van der Waals surface area contributed by atoms with Gasteiger partial charge in [-0.15, -0.1) is 11.3 Å². The minimum Gasteiger partial charge on any atom is -0.352 e. The van der Waals surface area contributed by atoms with Crippen LogP contribution in [0.15, 0.2) is 12.4 Å². The zero-order chi connectivity index (χ0) is 14.7. The zero-order valence-electron chi connectivity index (χ0n) is 12.9. The van der Waals surface area contributed by atoms with Crippen molar-refractivity contribution in [2.45, 2.75) is 45.6 Å². The summed E-state index contributed by atoms with van der Waals surface area (Å²) in [4.78, 5) is 14.1. The molecule has 1 unspecified atom stereocenters. The first-order valence-electron chi connectivity index (χ1n) is 8.04. The maximum absolute atomic E-state index is 4.63. The lowest BCUT2D eigenvalue weighted by atomic mass is 10.0. The highest BCUT2D eigenvalue weighted by atomic mass is 32.1. The Bertz CT molecular complexity index is 595. The van der Waals surface area contributed by atoms with Crippen LogP contribution in [0.25, 0.3) is 10.2 Å². The van der Waals surface area contributed by atoms with E-state index in [1.807, 2.05) is 0 Å². The number of nitrogens with one attached hydrogen (secondary N) is 1. The molecule has 5 heteroatoms. The molecule has 2 aromatic heterocycles. The summed E-state index contributed by atoms with van der Waals surface area (Å²) in [5, 5.41) is 4.74. The molecule has 1 N–H and O–H groups in total. The third kappa shape index (κ3) is 3.04. The number of aryl methyl sites for hydroxylation is 1. The largest absolute Gasteiger partial charge is 0.352 e. The van der Waals surface area contributed by atoms with Gasteiger partial charge in [0.2, 0.25) is 0 Å². The first kappa shape index (κ1) is 14.7. The minimum atomic E-state index is 0.557. The first-order valence-corrected chi connectivity index (χ1v) is 8.86. The Hall–Kier alpha value is -1.20. The topological polar surface area (TPSA) is 41.0 Å². The van der Waals surface area contributed by atoms with Gasteiger partial charge in [0.1, 0.15) is 17.0 Å². The molecule has 3 rings (SSSR count). The molecule has 0 aliphatic carbocycles. The fourth-order valence-corrected chi connectivity index (χ4v) is 4.03. The molecule has 0 amide bonds. The molecule has 114 valence electrons. The van der Waals surface area contributed by atoms with E-state index in [9.17, 15) is 0 Å². The number of fused-ring (bicyclic) bond motifs is 1. The van der Waals surface area contributed by atoms with Crippen molar-refractivity contribution < 1.29 is 0 Å². The molecule has 3 heterocycles. The van der Waals surface area contributed by atoms with Crippen LogP contribution >= 0.6 is 11.3 Å². The fourth-order valence-electron chi connectivity index (χ4n) is 3.10. The van der Waals surface area contributed by atoms with E-state index in [-0.39, 0.29) is 0 Å². The van der Waals surface area contributed by atoms with Crippen LogP contribution in [0.4, 0.5) is 5.82 Å². The highest BCUT2D eigenvalue weighted by Crippen LogP contribution is 2.33. The second-order valence-electron chi connectivity index (χ2n) is 5.63. The molecular weight excluding hydrogens is 280 g/mol. The van der Waals surface area contributed by atoms with Crippen LogP contribution in [0.2, 0.25) is 0 Å². The van der Waals surface area contributed by atoms with Crippen molar-refractivity contribution in [3.63, 3.8) is 0 Å². The van der Waals surface area contributed by atoms with Gasteiger partial charge in [0.25, 0.3) is 0 Å². The van der Waals surface area contributed by atoms with Crippen LogP contribution in [-0.4, -0.2) is 35.6 Å². The Morgan fingerprint density at radius 3 is 3.05 bits per heavy atom. The van der Waals surface area contributed by atoms with Crippen LogP contribution < -0.4 is 10.2 Å². The lowest BCUT2D eigenvalue weighted by molar-refractivity contribution is 0.437. The average molecular weight is 304 g/mol. The maximum atomic E-state index is 4.63. The fraction of sp³-hybridized carbons (Fsp3) is 0.625. The van der Waals surface area contributed by atoms with Crippen LogP contribution in [0.1, 0.15) is 38.0 Å². The van der Waals surface area contributed by atoms with Gasteiger partial charge in [-0.05, 0) is 38.3 Å². The number of nitrogens with zero attached hydrogens (tertiary/aromatic N) is 3. The summed E-state index contributed by atoms with van der Waals surface area (Å²) in [5.41, 5.74) is 0. The van der Waals surface area contributed by atoms with E-state index >= 15 is 0 Å². The van der Waals surface area contributed by atoms with Crippen molar-refractivity contribution in [1.29, 1.82) is 0 Å². The van der Waals surface area contributed by atoms with Gasteiger partial charge >= 0.3 is 0 Å². The molecule has 21 heavy (non-hydrogen) atoms. The Labute approximate surface area is 130 Å². The van der Waals surface area contributed by atoms with E-state index in [0.29, 0.717) is 6.04 Å². The Balaban J connectivity index is 1.94. The van der Waals surface area contributed by atoms with Crippen molar-refractivity contribution in [1.82, 2.24) is 15.3 Å². The van der Waals surface area contributed by atoms with E-state index in [0.717, 1.165) is 36.7 Å². The number of aromatic nitrogens is 2. The number of piperidine rings is 1. The molecule has 1 saturated heterocycles. The molecule has 4 nitrogen and oxygen atoms in total. The van der Waals surface area contributed by atoms with Crippen LogP contribution in [0.5, 0.6) is 0 Å². The quantitative estimate of drug-likeness (QED) is 0.921. The van der Waals surface area contributed by atoms with Crippen molar-refractivity contribution in [2.24, 2.45) is 0 Å². The highest BCUT2D eigenvalue weighted by Gasteiger charge is 2.25. The second-order valence-corrected chi connectivity index (χ2v) is 6.75. The van der Waals surface area contributed by atoms with E-state index in [4.69, 9.17) is 0 Å². The third-order valence-corrected chi connectivity index (χ3v) is 5.42. The summed E-state index contributed by atoms with van der Waals surface area (Å²) in [6.45, 7) is 7.56. The second kappa shape index (κ2) is 6.71. The van der Waals surface area contributed by atoms with Crippen LogP contribution in [0.3, 0.4) is 0 Å². The summed E-state index contributed by atoms with van der Waals surface area (Å²) >= 11 is 1.80. The summed E-state index contributed by atoms with van der Waals surface area (Å²) < 4.78 is 0. The molecule has 1 aliphatic heterocycles. The van der Waals surface area contributed by atoms with Gasteiger partial charge in [-0.25, -0.2) is 9.97 Å². The van der Waals surface area contributed by atoms with Gasteiger partial charge < -0.3 is 10.2 Å². The van der Waals surface area contributed by atoms with Gasteiger partial charge in [-0.1, -0.05) is 13.8 Å². The van der Waals surface area contributed by atoms with Crippen molar-refractivity contribution in [3.05, 3.63) is 17.3 Å². The number of anilines is 1. The number of rotatable bonds is 5. The number of likely N-dealkylation sites (N-methyl/N-ethyl adjacent to an activating group) is 1. The predicted molar refractivity (Wildman–Crippen MR) is 90.3 cm³/mol. The normalized spacial score (nSPS) is 19.3. The zero-order valence-corrected chi connectivity index (χ0v) is 13.7. The predicted octanol–water partition coefficient (Wildman–Crippen LogP) is 3.22. The van der Waals surface area contributed by atoms with E-state index in [1.165, 1.54) is 29.5 Å². The van der Waals surface area contributed by atoms with Gasteiger partial charge in [0.15, 0.2) is 0 Å². The number of thiophene rings is 1. The van der Waals surface area contributed by atoms with Crippen molar-refractivity contribution in [2.75, 3.05) is 24.5 Å². The standard InChI is InChI=1S/C16H24N4S/c1-3-13-9-14-15(18-11-19-16(14)21-13)20-8-6-5-7-12(20)10-17-4-2/h9,11-12,17H,3-8,10H2,1-2H3. The lowest BCUT2D eigenvalue weighted by Crippen LogP contribution is -2.46. The number of hydrogen-bond acceptors (Lipinski definition) is 5. The molecular formula is C16H24N4S. The average Bonchev–Trinajstić information content (AvgIpc) is 2.96. The molecule has 0 saturated carbocycles. The summed E-state index contributed by atoms with van der Waals surface area (Å²) in [7, 11) is 0. The van der Waals surface area contributed by atoms with Gasteiger partial charge in [0, 0.05) is 24.0 Å². The molecule has 0 aromatic carbocycles. The summed E-state index contributed by atoms with van der Waals surface area (Å²) in [6, 6.07) is 2.84. The molecule has 0 radical (unpaired) electrons. The molecule has 1 fully saturated rings. The van der Waals surface area contributed by atoms with E-state index in [1.54, 1.807) is 17.7 Å². The third-order valence-electron chi connectivity index (χ3n) is 4.24. The Morgan fingerprint density at radius 1 is 1.33 bits per heavy atom. The molecule has 2 aromatic rings. The minimum absolute atomic E-state index is 0.557. The first-order chi connectivity index (χ1) is 10.3. The molecule has 0 spiro atoms. The van der Waals surface area contributed by atoms with Crippen LogP contribution in [0, 0.1) is 0 Å². The monoisotopic (exact) mass is 304 g/mol. The lowest BCUT2D eigenvalue weighted by Gasteiger charge is -2.37. The molecule has 1 atom stereocenters. The Morgan fingerprint density at radius 2 is 2.24 bits per heavy atom. The smallest absolute Gasteiger partial charge is 0.141 e. The maximum Gasteiger partial charge on any atom is 0.141 e. The molecule has 0 bridgehead atoms. The number of hydrogen-bond donors (Lipinski definition) is 1. The summed E-state index contributed by atoms with van der Waals surface area (Å²) in [5.74, 6) is 1.14. The van der Waals surface area contributed by atoms with Gasteiger partial charge in [0.05, 0.1) is 5.39 Å². The van der Waals surface area contributed by atoms with Gasteiger partial charge in [-0.3, -0.25) is 0 Å². The highest BCUT2D eigenvalue weighted by molar-refractivity contribution is 7.18. The Kier molecular flexibility index (Phi) is 4.70. The van der Waals surface area contributed by atoms with Crippen molar-refractivity contribution >= 4 is 27.4 Å².